The van der Waals surface area contributed by atoms with Crippen molar-refractivity contribution in [1.29, 1.82) is 0 Å². The predicted molar refractivity (Wildman–Crippen MR) is 112 cm³/mol. The summed E-state index contributed by atoms with van der Waals surface area (Å²) in [6, 6.07) is 4.57. The summed E-state index contributed by atoms with van der Waals surface area (Å²) >= 11 is 0. The quantitative estimate of drug-likeness (QED) is 0.691. The molecule has 2 aromatic rings. The SMILES string of the molecule is CC(C)(C)c1noc2c3c(ccc12)C[C@H](CN1CCC(C(C)(C)C)CC1)C3. The van der Waals surface area contributed by atoms with Crippen LogP contribution in [0, 0.1) is 17.3 Å². The molecule has 0 saturated carbocycles. The Balaban J connectivity index is 1.44. The fourth-order valence-corrected chi connectivity index (χ4v) is 5.20. The van der Waals surface area contributed by atoms with E-state index < -0.39 is 0 Å². The zero-order valence-corrected chi connectivity index (χ0v) is 18.1. The summed E-state index contributed by atoms with van der Waals surface area (Å²) in [5, 5.41) is 5.65. The molecule has 0 bridgehead atoms. The molecule has 27 heavy (non-hydrogen) atoms. The number of benzene rings is 1. The molecular weight excluding hydrogens is 332 g/mol. The molecule has 1 aliphatic carbocycles. The van der Waals surface area contributed by atoms with E-state index in [0.717, 1.165) is 29.5 Å². The van der Waals surface area contributed by atoms with Gasteiger partial charge in [0.05, 0.1) is 5.69 Å². The normalized spacial score (nSPS) is 22.5. The molecule has 2 aliphatic rings. The van der Waals surface area contributed by atoms with Gasteiger partial charge in [0, 0.05) is 22.9 Å². The molecule has 148 valence electrons. The number of likely N-dealkylation sites (tertiary alicyclic amines) is 1. The van der Waals surface area contributed by atoms with Crippen LogP contribution in [0.2, 0.25) is 0 Å². The summed E-state index contributed by atoms with van der Waals surface area (Å²) in [4.78, 5) is 2.71. The van der Waals surface area contributed by atoms with Crippen molar-refractivity contribution in [3.8, 4) is 0 Å². The highest BCUT2D eigenvalue weighted by Crippen LogP contribution is 2.38. The van der Waals surface area contributed by atoms with Gasteiger partial charge in [0.1, 0.15) is 0 Å². The molecule has 1 fully saturated rings. The van der Waals surface area contributed by atoms with Crippen LogP contribution < -0.4 is 0 Å². The van der Waals surface area contributed by atoms with Crippen LogP contribution in [-0.4, -0.2) is 29.7 Å². The molecule has 0 unspecified atom stereocenters. The molecule has 0 N–H and O–H groups in total. The smallest absolute Gasteiger partial charge is 0.170 e. The lowest BCUT2D eigenvalue weighted by Gasteiger charge is -2.39. The van der Waals surface area contributed by atoms with Crippen molar-refractivity contribution in [2.24, 2.45) is 17.3 Å². The molecule has 4 rings (SSSR count). The number of nitrogens with zero attached hydrogens (tertiary/aromatic N) is 2. The molecule has 2 heterocycles. The van der Waals surface area contributed by atoms with Crippen molar-refractivity contribution in [3.63, 3.8) is 0 Å². The predicted octanol–water partition coefficient (Wildman–Crippen LogP) is 5.60. The Morgan fingerprint density at radius 3 is 2.37 bits per heavy atom. The monoisotopic (exact) mass is 368 g/mol. The van der Waals surface area contributed by atoms with Crippen LogP contribution in [0.25, 0.3) is 11.0 Å². The maximum absolute atomic E-state index is 5.84. The Kier molecular flexibility index (Phi) is 4.65. The molecule has 0 radical (unpaired) electrons. The van der Waals surface area contributed by atoms with Crippen LogP contribution >= 0.6 is 0 Å². The summed E-state index contributed by atoms with van der Waals surface area (Å²) in [6.45, 7) is 17.6. The molecule has 0 spiro atoms. The molecular formula is C24H36N2O. The van der Waals surface area contributed by atoms with Gasteiger partial charge in [-0.25, -0.2) is 0 Å². The van der Waals surface area contributed by atoms with Gasteiger partial charge < -0.3 is 9.42 Å². The first-order chi connectivity index (χ1) is 12.6. The van der Waals surface area contributed by atoms with E-state index in [1.807, 2.05) is 0 Å². The lowest BCUT2D eigenvalue weighted by molar-refractivity contribution is 0.102. The Hall–Kier alpha value is -1.35. The summed E-state index contributed by atoms with van der Waals surface area (Å²) in [5.41, 5.74) is 5.52. The summed E-state index contributed by atoms with van der Waals surface area (Å²) in [5.74, 6) is 1.60. The Bertz CT molecular complexity index is 813. The zero-order chi connectivity index (χ0) is 19.4. The molecule has 3 heteroatoms. The third-order valence-electron chi connectivity index (χ3n) is 6.88. The van der Waals surface area contributed by atoms with E-state index in [2.05, 4.69) is 63.7 Å². The number of piperidine rings is 1. The minimum Gasteiger partial charge on any atom is -0.356 e. The van der Waals surface area contributed by atoms with Crippen molar-refractivity contribution in [3.05, 3.63) is 29.0 Å². The summed E-state index contributed by atoms with van der Waals surface area (Å²) in [7, 11) is 0. The maximum Gasteiger partial charge on any atom is 0.170 e. The van der Waals surface area contributed by atoms with Gasteiger partial charge in [-0.05, 0) is 67.7 Å². The van der Waals surface area contributed by atoms with E-state index in [1.54, 1.807) is 0 Å². The largest absolute Gasteiger partial charge is 0.356 e. The lowest BCUT2D eigenvalue weighted by Crippen LogP contribution is -2.40. The van der Waals surface area contributed by atoms with Crippen LogP contribution in [-0.2, 0) is 18.3 Å². The zero-order valence-electron chi connectivity index (χ0n) is 18.1. The van der Waals surface area contributed by atoms with Crippen LogP contribution in [0.4, 0.5) is 0 Å². The molecule has 1 saturated heterocycles. The van der Waals surface area contributed by atoms with Crippen LogP contribution in [0.3, 0.4) is 0 Å². The van der Waals surface area contributed by atoms with Crippen LogP contribution in [0.5, 0.6) is 0 Å². The highest BCUT2D eigenvalue weighted by molar-refractivity contribution is 5.85. The van der Waals surface area contributed by atoms with Gasteiger partial charge in [0.15, 0.2) is 5.58 Å². The van der Waals surface area contributed by atoms with E-state index in [9.17, 15) is 0 Å². The fourth-order valence-electron chi connectivity index (χ4n) is 5.20. The van der Waals surface area contributed by atoms with E-state index >= 15 is 0 Å². The van der Waals surface area contributed by atoms with E-state index in [0.29, 0.717) is 5.41 Å². The third-order valence-corrected chi connectivity index (χ3v) is 6.88. The van der Waals surface area contributed by atoms with E-state index in [1.165, 1.54) is 55.4 Å². The lowest BCUT2D eigenvalue weighted by atomic mass is 9.75. The second-order valence-corrected chi connectivity index (χ2v) is 11.1. The molecule has 1 atom stereocenters. The van der Waals surface area contributed by atoms with Crippen LogP contribution in [0.1, 0.15) is 71.2 Å². The second kappa shape index (κ2) is 6.62. The Labute approximate surface area is 164 Å². The van der Waals surface area contributed by atoms with Gasteiger partial charge >= 0.3 is 0 Å². The second-order valence-electron chi connectivity index (χ2n) is 11.1. The first-order valence-corrected chi connectivity index (χ1v) is 10.8. The van der Waals surface area contributed by atoms with Crippen molar-refractivity contribution < 1.29 is 4.52 Å². The maximum atomic E-state index is 5.84. The molecule has 1 aromatic heterocycles. The van der Waals surface area contributed by atoms with Crippen molar-refractivity contribution >= 4 is 11.0 Å². The highest BCUT2D eigenvalue weighted by Gasteiger charge is 2.32. The van der Waals surface area contributed by atoms with E-state index in [4.69, 9.17) is 4.52 Å². The van der Waals surface area contributed by atoms with Gasteiger partial charge in [-0.2, -0.15) is 0 Å². The molecule has 1 aromatic carbocycles. The Morgan fingerprint density at radius 1 is 1.04 bits per heavy atom. The number of fused-ring (bicyclic) bond motifs is 3. The average molecular weight is 369 g/mol. The van der Waals surface area contributed by atoms with Crippen molar-refractivity contribution in [2.45, 2.75) is 72.6 Å². The molecule has 3 nitrogen and oxygen atoms in total. The Morgan fingerprint density at radius 2 is 1.74 bits per heavy atom. The van der Waals surface area contributed by atoms with Gasteiger partial charge in [-0.15, -0.1) is 0 Å². The van der Waals surface area contributed by atoms with Crippen molar-refractivity contribution in [1.82, 2.24) is 10.1 Å². The molecule has 0 amide bonds. The van der Waals surface area contributed by atoms with Crippen LogP contribution in [0.15, 0.2) is 16.7 Å². The topological polar surface area (TPSA) is 29.3 Å². The molecule has 1 aliphatic heterocycles. The van der Waals surface area contributed by atoms with Gasteiger partial charge in [0.2, 0.25) is 0 Å². The van der Waals surface area contributed by atoms with Crippen molar-refractivity contribution in [2.75, 3.05) is 19.6 Å². The third kappa shape index (κ3) is 3.68. The van der Waals surface area contributed by atoms with Gasteiger partial charge in [-0.3, -0.25) is 0 Å². The van der Waals surface area contributed by atoms with Gasteiger partial charge in [0.25, 0.3) is 0 Å². The minimum absolute atomic E-state index is 0.0227. The standard InChI is InChI=1S/C24H36N2O/c1-23(2,3)18-9-11-26(12-10-18)15-16-13-17-7-8-19-21(20(17)14-16)27-25-22(19)24(4,5)6/h7-8,16,18H,9-15H2,1-6H3/t16-/m0/s1. The number of hydrogen-bond acceptors (Lipinski definition) is 3. The van der Waals surface area contributed by atoms with E-state index in [-0.39, 0.29) is 5.41 Å². The summed E-state index contributed by atoms with van der Waals surface area (Å²) in [6.07, 6.45) is 5.04. The summed E-state index contributed by atoms with van der Waals surface area (Å²) < 4.78 is 5.84. The number of rotatable bonds is 2. The first-order valence-electron chi connectivity index (χ1n) is 10.8. The first kappa shape index (κ1) is 19.0. The average Bonchev–Trinajstić information content (AvgIpc) is 3.16. The highest BCUT2D eigenvalue weighted by atomic mass is 16.5. The number of hydrogen-bond donors (Lipinski definition) is 0. The number of aromatic nitrogens is 1. The fraction of sp³-hybridized carbons (Fsp3) is 0.708. The van der Waals surface area contributed by atoms with Gasteiger partial charge in [-0.1, -0.05) is 52.8 Å². The minimum atomic E-state index is 0.0227.